The van der Waals surface area contributed by atoms with Crippen LogP contribution in [0, 0.1) is 0 Å². The Hall–Kier alpha value is -1.67. The van der Waals surface area contributed by atoms with Gasteiger partial charge in [0.1, 0.15) is 0 Å². The van der Waals surface area contributed by atoms with Crippen LogP contribution in [-0.4, -0.2) is 0 Å². The monoisotopic (exact) mass is 212 g/mol. The fourth-order valence-electron chi connectivity index (χ4n) is 1.79. The quantitative estimate of drug-likeness (QED) is 0.558. The van der Waals surface area contributed by atoms with Gasteiger partial charge in [0.15, 0.2) is 0 Å². The minimum atomic E-state index is 0.139. The Morgan fingerprint density at radius 1 is 0.867 bits per heavy atom. The second-order valence-corrected chi connectivity index (χ2v) is 4.37. The lowest BCUT2D eigenvalue weighted by atomic mass is 10.2. The number of hydrogen-bond acceptors (Lipinski definition) is 2. The zero-order valence-electron chi connectivity index (χ0n) is 7.94. The van der Waals surface area contributed by atoms with Gasteiger partial charge in [0, 0.05) is 5.39 Å². The molecule has 0 bridgehead atoms. The van der Waals surface area contributed by atoms with Crippen LogP contribution in [0.3, 0.4) is 0 Å². The lowest BCUT2D eigenvalue weighted by molar-refractivity contribution is 1.78. The van der Waals surface area contributed by atoms with E-state index in [1.807, 2.05) is 47.8 Å². The Morgan fingerprint density at radius 2 is 1.67 bits per heavy atom. The van der Waals surface area contributed by atoms with E-state index in [0.717, 1.165) is 20.9 Å². The summed E-state index contributed by atoms with van der Waals surface area (Å²) >= 11 is 1.51. The van der Waals surface area contributed by atoms with E-state index in [2.05, 4.69) is 0 Å². The molecular formula is C13H8OS. The Morgan fingerprint density at radius 3 is 2.60 bits per heavy atom. The topological polar surface area (TPSA) is 17.1 Å². The van der Waals surface area contributed by atoms with E-state index in [9.17, 15) is 4.79 Å². The minimum Gasteiger partial charge on any atom is -0.288 e. The second kappa shape index (κ2) is 3.17. The molecule has 2 aromatic carbocycles. The van der Waals surface area contributed by atoms with Crippen molar-refractivity contribution >= 4 is 32.2 Å². The van der Waals surface area contributed by atoms with Crippen LogP contribution >= 0.6 is 11.3 Å². The van der Waals surface area contributed by atoms with Gasteiger partial charge in [-0.3, -0.25) is 4.79 Å². The first-order valence-corrected chi connectivity index (χ1v) is 5.63. The van der Waals surface area contributed by atoms with Crippen LogP contribution in [0.4, 0.5) is 0 Å². The van der Waals surface area contributed by atoms with Crippen LogP contribution in [0.1, 0.15) is 0 Å². The van der Waals surface area contributed by atoms with E-state index in [1.165, 1.54) is 11.3 Å². The van der Waals surface area contributed by atoms with Crippen LogP contribution < -0.4 is 5.43 Å². The lowest BCUT2D eigenvalue weighted by Crippen LogP contribution is -1.95. The molecule has 0 unspecified atom stereocenters. The van der Waals surface area contributed by atoms with E-state index in [0.29, 0.717) is 0 Å². The molecule has 1 aromatic heterocycles. The first kappa shape index (κ1) is 8.62. The van der Waals surface area contributed by atoms with Gasteiger partial charge >= 0.3 is 0 Å². The third-order valence-corrected chi connectivity index (χ3v) is 3.48. The zero-order chi connectivity index (χ0) is 10.3. The van der Waals surface area contributed by atoms with E-state index < -0.39 is 0 Å². The van der Waals surface area contributed by atoms with Gasteiger partial charge in [-0.05, 0) is 22.2 Å². The molecule has 0 atom stereocenters. The van der Waals surface area contributed by atoms with Crippen molar-refractivity contribution in [2.45, 2.75) is 0 Å². The van der Waals surface area contributed by atoms with Crippen LogP contribution in [0.15, 0.2) is 52.6 Å². The fraction of sp³-hybridized carbons (Fsp3) is 0. The smallest absolute Gasteiger partial charge is 0.204 e. The zero-order valence-corrected chi connectivity index (χ0v) is 8.75. The van der Waals surface area contributed by atoms with Gasteiger partial charge in [0.2, 0.25) is 5.43 Å². The summed E-state index contributed by atoms with van der Waals surface area (Å²) in [7, 11) is 0. The van der Waals surface area contributed by atoms with Crippen molar-refractivity contribution < 1.29 is 0 Å². The van der Waals surface area contributed by atoms with Crippen molar-refractivity contribution in [3.63, 3.8) is 0 Å². The van der Waals surface area contributed by atoms with Crippen molar-refractivity contribution in [3.05, 3.63) is 58.1 Å². The summed E-state index contributed by atoms with van der Waals surface area (Å²) in [5.74, 6) is 0. The molecule has 0 spiro atoms. The molecule has 0 saturated carbocycles. The van der Waals surface area contributed by atoms with Crippen LogP contribution in [0.2, 0.25) is 0 Å². The minimum absolute atomic E-state index is 0.139. The molecule has 1 heterocycles. The summed E-state index contributed by atoms with van der Waals surface area (Å²) in [5.41, 5.74) is 0.139. The van der Waals surface area contributed by atoms with Gasteiger partial charge in [-0.1, -0.05) is 36.4 Å². The molecule has 3 rings (SSSR count). The summed E-state index contributed by atoms with van der Waals surface area (Å²) in [5, 5.41) is 4.79. The highest BCUT2D eigenvalue weighted by Crippen LogP contribution is 2.19. The third-order valence-electron chi connectivity index (χ3n) is 2.55. The first-order valence-electron chi connectivity index (χ1n) is 4.75. The molecule has 0 N–H and O–H groups in total. The molecule has 0 aliphatic carbocycles. The van der Waals surface area contributed by atoms with Gasteiger partial charge in [0.25, 0.3) is 0 Å². The number of thiophene rings is 1. The van der Waals surface area contributed by atoms with E-state index >= 15 is 0 Å². The maximum atomic E-state index is 12.2. The van der Waals surface area contributed by atoms with Crippen LogP contribution in [0.5, 0.6) is 0 Å². The number of hydrogen-bond donors (Lipinski definition) is 0. The van der Waals surface area contributed by atoms with Crippen LogP contribution in [0.25, 0.3) is 20.9 Å². The average molecular weight is 212 g/mol. The van der Waals surface area contributed by atoms with Crippen LogP contribution in [-0.2, 0) is 0 Å². The summed E-state index contributed by atoms with van der Waals surface area (Å²) in [6, 6.07) is 13.7. The Bertz CT molecular complexity index is 697. The largest absolute Gasteiger partial charge is 0.288 e. The normalized spacial score (nSPS) is 10.9. The van der Waals surface area contributed by atoms with E-state index in [1.54, 1.807) is 0 Å². The van der Waals surface area contributed by atoms with Crippen molar-refractivity contribution in [2.75, 3.05) is 0 Å². The molecule has 1 nitrogen and oxygen atoms in total. The van der Waals surface area contributed by atoms with Gasteiger partial charge < -0.3 is 0 Å². The molecule has 0 aliphatic rings. The molecule has 0 fully saturated rings. The van der Waals surface area contributed by atoms with Crippen molar-refractivity contribution in [2.24, 2.45) is 0 Å². The van der Waals surface area contributed by atoms with E-state index in [-0.39, 0.29) is 5.43 Å². The number of fused-ring (bicyclic) bond motifs is 2. The Kier molecular flexibility index (Phi) is 1.82. The fourth-order valence-corrected chi connectivity index (χ4v) is 2.63. The number of benzene rings is 1. The summed E-state index contributed by atoms with van der Waals surface area (Å²) in [6.07, 6.45) is 0. The van der Waals surface area contributed by atoms with Crippen molar-refractivity contribution in [1.82, 2.24) is 0 Å². The summed E-state index contributed by atoms with van der Waals surface area (Å²) < 4.78 is 0.844. The molecule has 15 heavy (non-hydrogen) atoms. The van der Waals surface area contributed by atoms with Gasteiger partial charge in [-0.25, -0.2) is 0 Å². The molecular weight excluding hydrogens is 204 g/mol. The standard InChI is InChI=1S/C13H8OS/c14-12-11-4-2-1-3-9(11)5-6-10-7-8-15-13(10)12/h1-8H. The molecule has 0 aliphatic heterocycles. The highest BCUT2D eigenvalue weighted by Gasteiger charge is 2.01. The second-order valence-electron chi connectivity index (χ2n) is 3.45. The predicted octanol–water partition coefficient (Wildman–Crippen LogP) is 3.41. The maximum Gasteiger partial charge on any atom is 0.204 e. The summed E-state index contributed by atoms with van der Waals surface area (Å²) in [6.45, 7) is 0. The average Bonchev–Trinajstić information content (AvgIpc) is 2.69. The Balaban J connectivity index is 2.71. The van der Waals surface area contributed by atoms with Crippen molar-refractivity contribution in [1.29, 1.82) is 0 Å². The molecule has 0 radical (unpaired) electrons. The number of rotatable bonds is 0. The highest BCUT2D eigenvalue weighted by molar-refractivity contribution is 7.17. The third kappa shape index (κ3) is 1.26. The van der Waals surface area contributed by atoms with Gasteiger partial charge in [0.05, 0.1) is 4.70 Å². The van der Waals surface area contributed by atoms with Gasteiger partial charge in [-0.15, -0.1) is 11.3 Å². The van der Waals surface area contributed by atoms with Gasteiger partial charge in [-0.2, -0.15) is 0 Å². The maximum absolute atomic E-state index is 12.2. The Labute approximate surface area is 90.6 Å². The molecule has 0 amide bonds. The molecule has 3 aromatic rings. The van der Waals surface area contributed by atoms with E-state index in [4.69, 9.17) is 0 Å². The molecule has 72 valence electrons. The molecule has 2 heteroatoms. The SMILES string of the molecule is O=c1c2ccccc2ccc2ccsc12. The molecule has 0 saturated heterocycles. The predicted molar refractivity (Wildman–Crippen MR) is 65.6 cm³/mol. The first-order chi connectivity index (χ1) is 7.36. The highest BCUT2D eigenvalue weighted by atomic mass is 32.1. The lowest BCUT2D eigenvalue weighted by Gasteiger charge is -1.87. The summed E-state index contributed by atoms with van der Waals surface area (Å²) in [4.78, 5) is 12.2. The van der Waals surface area contributed by atoms with Crippen molar-refractivity contribution in [3.8, 4) is 0 Å².